The lowest BCUT2D eigenvalue weighted by Crippen LogP contribution is -2.30. The van der Waals surface area contributed by atoms with E-state index in [2.05, 4.69) is 10.3 Å². The molecule has 1 saturated carbocycles. The van der Waals surface area contributed by atoms with Crippen LogP contribution in [0.15, 0.2) is 18.3 Å². The SMILES string of the molecule is CN(CCNC1CC1)c1ccc(C(F)(F)F)cn1. The predicted molar refractivity (Wildman–Crippen MR) is 63.5 cm³/mol. The fraction of sp³-hybridized carbons (Fsp3) is 0.583. The molecule has 1 aromatic rings. The second-order valence-corrected chi connectivity index (χ2v) is 4.55. The van der Waals surface area contributed by atoms with Gasteiger partial charge in [0.25, 0.3) is 0 Å². The fourth-order valence-corrected chi connectivity index (χ4v) is 1.62. The van der Waals surface area contributed by atoms with Crippen molar-refractivity contribution in [3.63, 3.8) is 0 Å². The quantitative estimate of drug-likeness (QED) is 0.879. The smallest absolute Gasteiger partial charge is 0.358 e. The molecule has 1 heterocycles. The number of nitrogens with zero attached hydrogens (tertiary/aromatic N) is 2. The van der Waals surface area contributed by atoms with Crippen molar-refractivity contribution in [3.8, 4) is 0 Å². The normalized spacial score (nSPS) is 15.8. The number of pyridine rings is 1. The lowest BCUT2D eigenvalue weighted by Gasteiger charge is -2.18. The van der Waals surface area contributed by atoms with Crippen molar-refractivity contribution in [1.82, 2.24) is 10.3 Å². The summed E-state index contributed by atoms with van der Waals surface area (Å²) in [6, 6.07) is 3.10. The van der Waals surface area contributed by atoms with E-state index >= 15 is 0 Å². The Kier molecular flexibility index (Phi) is 3.75. The van der Waals surface area contributed by atoms with Gasteiger partial charge >= 0.3 is 6.18 Å². The molecule has 0 unspecified atom stereocenters. The molecule has 0 amide bonds. The number of likely N-dealkylation sites (N-methyl/N-ethyl adjacent to an activating group) is 1. The van der Waals surface area contributed by atoms with Crippen molar-refractivity contribution in [2.75, 3.05) is 25.0 Å². The Balaban J connectivity index is 1.87. The molecule has 1 aliphatic carbocycles. The first kappa shape index (κ1) is 13.1. The van der Waals surface area contributed by atoms with Crippen molar-refractivity contribution in [3.05, 3.63) is 23.9 Å². The third-order valence-electron chi connectivity index (χ3n) is 2.92. The Bertz CT molecular complexity index is 385. The van der Waals surface area contributed by atoms with E-state index in [1.165, 1.54) is 18.9 Å². The van der Waals surface area contributed by atoms with E-state index in [1.807, 2.05) is 11.9 Å². The molecule has 2 rings (SSSR count). The number of anilines is 1. The maximum Gasteiger partial charge on any atom is 0.417 e. The maximum absolute atomic E-state index is 12.4. The van der Waals surface area contributed by atoms with Crippen LogP contribution in [0, 0.1) is 0 Å². The number of aromatic nitrogens is 1. The second kappa shape index (κ2) is 5.14. The van der Waals surface area contributed by atoms with Crippen LogP contribution >= 0.6 is 0 Å². The number of alkyl halides is 3. The maximum atomic E-state index is 12.4. The molecule has 18 heavy (non-hydrogen) atoms. The van der Waals surface area contributed by atoms with Crippen LogP contribution in [-0.2, 0) is 6.18 Å². The topological polar surface area (TPSA) is 28.2 Å². The van der Waals surface area contributed by atoms with Crippen molar-refractivity contribution in [1.29, 1.82) is 0 Å². The molecule has 0 spiro atoms. The average Bonchev–Trinajstić information content (AvgIpc) is 3.12. The van der Waals surface area contributed by atoms with Crippen LogP contribution in [0.25, 0.3) is 0 Å². The van der Waals surface area contributed by atoms with Gasteiger partial charge in [-0.2, -0.15) is 13.2 Å². The molecular formula is C12H16F3N3. The highest BCUT2D eigenvalue weighted by atomic mass is 19.4. The van der Waals surface area contributed by atoms with Gasteiger partial charge in [-0.1, -0.05) is 0 Å². The highest BCUT2D eigenvalue weighted by molar-refractivity contribution is 5.38. The molecule has 1 aliphatic rings. The van der Waals surface area contributed by atoms with Gasteiger partial charge < -0.3 is 10.2 Å². The van der Waals surface area contributed by atoms with Gasteiger partial charge in [-0.05, 0) is 25.0 Å². The molecule has 6 heteroatoms. The lowest BCUT2D eigenvalue weighted by molar-refractivity contribution is -0.137. The molecule has 0 aromatic carbocycles. The first-order valence-corrected chi connectivity index (χ1v) is 5.94. The minimum Gasteiger partial charge on any atom is -0.358 e. The van der Waals surface area contributed by atoms with Crippen molar-refractivity contribution < 1.29 is 13.2 Å². The van der Waals surface area contributed by atoms with E-state index in [-0.39, 0.29) is 0 Å². The number of nitrogens with one attached hydrogen (secondary N) is 1. The molecule has 100 valence electrons. The number of hydrogen-bond acceptors (Lipinski definition) is 3. The lowest BCUT2D eigenvalue weighted by atomic mass is 10.2. The summed E-state index contributed by atoms with van der Waals surface area (Å²) >= 11 is 0. The molecule has 0 bridgehead atoms. The van der Waals surface area contributed by atoms with Crippen molar-refractivity contribution in [2.45, 2.75) is 25.1 Å². The number of rotatable bonds is 5. The van der Waals surface area contributed by atoms with E-state index < -0.39 is 11.7 Å². The standard InChI is InChI=1S/C12H16F3N3/c1-18(7-6-16-10-3-4-10)11-5-2-9(8-17-11)12(13,14)15/h2,5,8,10,16H,3-4,6-7H2,1H3. The largest absolute Gasteiger partial charge is 0.417 e. The van der Waals surface area contributed by atoms with E-state index in [1.54, 1.807) is 0 Å². The second-order valence-electron chi connectivity index (χ2n) is 4.55. The van der Waals surface area contributed by atoms with E-state index in [4.69, 9.17) is 0 Å². The average molecular weight is 259 g/mol. The molecule has 0 aliphatic heterocycles. The van der Waals surface area contributed by atoms with Gasteiger partial charge in [0.05, 0.1) is 5.56 Å². The molecule has 1 fully saturated rings. The predicted octanol–water partition coefficient (Wildman–Crippen LogP) is 2.29. The third kappa shape index (κ3) is 3.60. The minimum atomic E-state index is -4.32. The third-order valence-corrected chi connectivity index (χ3v) is 2.92. The van der Waals surface area contributed by atoms with Crippen molar-refractivity contribution >= 4 is 5.82 Å². The van der Waals surface area contributed by atoms with Gasteiger partial charge in [0, 0.05) is 32.4 Å². The highest BCUT2D eigenvalue weighted by Crippen LogP contribution is 2.29. The molecule has 0 radical (unpaired) electrons. The van der Waals surface area contributed by atoms with Gasteiger partial charge in [0.15, 0.2) is 0 Å². The van der Waals surface area contributed by atoms with Gasteiger partial charge in [0.2, 0.25) is 0 Å². The van der Waals surface area contributed by atoms with Crippen LogP contribution in [0.5, 0.6) is 0 Å². The van der Waals surface area contributed by atoms with Gasteiger partial charge in [0.1, 0.15) is 5.82 Å². The van der Waals surface area contributed by atoms with Crippen LogP contribution in [0.3, 0.4) is 0 Å². The number of hydrogen-bond donors (Lipinski definition) is 1. The fourth-order valence-electron chi connectivity index (χ4n) is 1.62. The minimum absolute atomic E-state index is 0.556. The summed E-state index contributed by atoms with van der Waals surface area (Å²) < 4.78 is 37.1. The van der Waals surface area contributed by atoms with E-state index in [0.29, 0.717) is 11.9 Å². The Morgan fingerprint density at radius 1 is 1.39 bits per heavy atom. The monoisotopic (exact) mass is 259 g/mol. The first-order chi connectivity index (χ1) is 8.47. The van der Waals surface area contributed by atoms with Crippen LogP contribution < -0.4 is 10.2 Å². The van der Waals surface area contributed by atoms with E-state index in [0.717, 1.165) is 25.4 Å². The molecule has 1 aromatic heterocycles. The summed E-state index contributed by atoms with van der Waals surface area (Å²) in [5, 5.41) is 3.34. The summed E-state index contributed by atoms with van der Waals surface area (Å²) in [6.07, 6.45) is -0.998. The molecule has 1 N–H and O–H groups in total. The molecular weight excluding hydrogens is 243 g/mol. The summed E-state index contributed by atoms with van der Waals surface area (Å²) in [7, 11) is 1.82. The van der Waals surface area contributed by atoms with Crippen LogP contribution in [0.2, 0.25) is 0 Å². The zero-order valence-corrected chi connectivity index (χ0v) is 10.2. The zero-order valence-electron chi connectivity index (χ0n) is 10.2. The van der Waals surface area contributed by atoms with Crippen LogP contribution in [0.4, 0.5) is 19.0 Å². The Hall–Kier alpha value is -1.30. The Morgan fingerprint density at radius 2 is 2.11 bits per heavy atom. The van der Waals surface area contributed by atoms with Gasteiger partial charge in [-0.15, -0.1) is 0 Å². The summed E-state index contributed by atoms with van der Waals surface area (Å²) in [4.78, 5) is 5.68. The molecule has 0 atom stereocenters. The van der Waals surface area contributed by atoms with Crippen LogP contribution in [0.1, 0.15) is 18.4 Å². The van der Waals surface area contributed by atoms with Crippen molar-refractivity contribution in [2.24, 2.45) is 0 Å². The Labute approximate surface area is 104 Å². The first-order valence-electron chi connectivity index (χ1n) is 5.94. The summed E-state index contributed by atoms with van der Waals surface area (Å²) in [5.74, 6) is 0.556. The van der Waals surface area contributed by atoms with Crippen LogP contribution in [-0.4, -0.2) is 31.2 Å². The van der Waals surface area contributed by atoms with E-state index in [9.17, 15) is 13.2 Å². The van der Waals surface area contributed by atoms with Gasteiger partial charge in [-0.3, -0.25) is 0 Å². The summed E-state index contributed by atoms with van der Waals surface area (Å²) in [5.41, 5.74) is -0.712. The Morgan fingerprint density at radius 3 is 2.61 bits per heavy atom. The zero-order chi connectivity index (χ0) is 13.2. The van der Waals surface area contributed by atoms with Gasteiger partial charge in [-0.25, -0.2) is 4.98 Å². The molecule has 0 saturated heterocycles. The molecule has 3 nitrogen and oxygen atoms in total. The summed E-state index contributed by atoms with van der Waals surface area (Å²) in [6.45, 7) is 1.55. The number of halogens is 3. The highest BCUT2D eigenvalue weighted by Gasteiger charge is 2.30.